The second kappa shape index (κ2) is 7.61. The molecule has 0 radical (unpaired) electrons. The van der Waals surface area contributed by atoms with Crippen LogP contribution in [0.1, 0.15) is 27.0 Å². The summed E-state index contributed by atoms with van der Waals surface area (Å²) in [5.74, 6) is -0.569. The van der Waals surface area contributed by atoms with Gasteiger partial charge in [-0.15, -0.1) is 0 Å². The van der Waals surface area contributed by atoms with Crippen molar-refractivity contribution in [1.82, 2.24) is 0 Å². The van der Waals surface area contributed by atoms with Crippen molar-refractivity contribution >= 4 is 23.4 Å². The van der Waals surface area contributed by atoms with Gasteiger partial charge in [0, 0.05) is 29.5 Å². The Bertz CT molecular complexity index is 1040. The number of nitro benzene ring substituents is 1. The molecule has 0 aromatic heterocycles. The lowest BCUT2D eigenvalue weighted by Crippen LogP contribution is -2.02. The fourth-order valence-corrected chi connectivity index (χ4v) is 2.58. The van der Waals surface area contributed by atoms with Crippen molar-refractivity contribution in [3.8, 4) is 5.75 Å². The molecule has 134 valence electrons. The molecular weight excluding hydrogens is 344 g/mol. The van der Waals surface area contributed by atoms with E-state index >= 15 is 0 Å². The van der Waals surface area contributed by atoms with Crippen LogP contribution in [-0.4, -0.2) is 16.9 Å². The molecule has 0 amide bonds. The molecule has 3 rings (SSSR count). The van der Waals surface area contributed by atoms with Gasteiger partial charge in [-0.05, 0) is 24.6 Å². The third-order valence-corrected chi connectivity index (χ3v) is 3.98. The van der Waals surface area contributed by atoms with Crippen molar-refractivity contribution in [2.45, 2.75) is 6.92 Å². The van der Waals surface area contributed by atoms with Crippen LogP contribution in [0, 0.1) is 17.0 Å². The average molecular weight is 359 g/mol. The minimum Gasteiger partial charge on any atom is -0.872 e. The summed E-state index contributed by atoms with van der Waals surface area (Å²) in [6, 6.07) is 17.5. The summed E-state index contributed by atoms with van der Waals surface area (Å²) >= 11 is 0. The monoisotopic (exact) mass is 359 g/mol. The summed E-state index contributed by atoms with van der Waals surface area (Å²) in [5, 5.41) is 22.8. The Kier molecular flexibility index (Phi) is 5.08. The molecule has 0 aliphatic heterocycles. The predicted octanol–water partition coefficient (Wildman–Crippen LogP) is 3.96. The first kappa shape index (κ1) is 18.0. The Morgan fingerprint density at radius 3 is 2.48 bits per heavy atom. The fourth-order valence-electron chi connectivity index (χ4n) is 2.58. The molecule has 0 atom stereocenters. The molecule has 0 saturated heterocycles. The van der Waals surface area contributed by atoms with Crippen LogP contribution in [0.3, 0.4) is 0 Å². The smallest absolute Gasteiger partial charge is 0.270 e. The van der Waals surface area contributed by atoms with Crippen molar-refractivity contribution in [3.63, 3.8) is 0 Å². The second-order valence-corrected chi connectivity index (χ2v) is 5.95. The molecule has 3 aromatic carbocycles. The standard InChI is InChI=1S/C21H16N2O4/c1-14-7-9-19(18(11-14)21(25)15-5-3-2-4-6-15)22-13-16-12-17(23(26)27)8-10-20(16)24/h2-13,24H,1H3/p-1. The first-order valence-corrected chi connectivity index (χ1v) is 8.15. The van der Waals surface area contributed by atoms with Crippen molar-refractivity contribution < 1.29 is 14.8 Å². The van der Waals surface area contributed by atoms with Crippen LogP contribution < -0.4 is 5.11 Å². The quantitative estimate of drug-likeness (QED) is 0.298. The van der Waals surface area contributed by atoms with Crippen LogP contribution in [0.4, 0.5) is 11.4 Å². The minimum absolute atomic E-state index is 0.0860. The highest BCUT2D eigenvalue weighted by molar-refractivity contribution is 6.12. The normalized spacial score (nSPS) is 10.9. The summed E-state index contributed by atoms with van der Waals surface area (Å²) < 4.78 is 0. The highest BCUT2D eigenvalue weighted by atomic mass is 16.6. The molecule has 0 saturated carbocycles. The number of aryl methyl sites for hydroxylation is 1. The Morgan fingerprint density at radius 1 is 1.04 bits per heavy atom. The third-order valence-electron chi connectivity index (χ3n) is 3.98. The summed E-state index contributed by atoms with van der Waals surface area (Å²) in [4.78, 5) is 27.4. The largest absolute Gasteiger partial charge is 0.872 e. The van der Waals surface area contributed by atoms with Gasteiger partial charge in [-0.25, -0.2) is 0 Å². The molecule has 6 nitrogen and oxygen atoms in total. The summed E-state index contributed by atoms with van der Waals surface area (Å²) in [7, 11) is 0. The van der Waals surface area contributed by atoms with E-state index in [9.17, 15) is 20.0 Å². The molecule has 0 unspecified atom stereocenters. The van der Waals surface area contributed by atoms with Gasteiger partial charge in [-0.2, -0.15) is 0 Å². The summed E-state index contributed by atoms with van der Waals surface area (Å²) in [6.07, 6.45) is 1.25. The molecule has 0 N–H and O–H groups in total. The molecule has 0 heterocycles. The number of benzene rings is 3. The zero-order chi connectivity index (χ0) is 19.4. The van der Waals surface area contributed by atoms with Crippen molar-refractivity contribution in [3.05, 3.63) is 99.1 Å². The second-order valence-electron chi connectivity index (χ2n) is 5.95. The van der Waals surface area contributed by atoms with Crippen molar-refractivity contribution in [2.75, 3.05) is 0 Å². The highest BCUT2D eigenvalue weighted by Crippen LogP contribution is 2.25. The van der Waals surface area contributed by atoms with Gasteiger partial charge in [0.2, 0.25) is 0 Å². The predicted molar refractivity (Wildman–Crippen MR) is 101 cm³/mol. The molecule has 0 bridgehead atoms. The van der Waals surface area contributed by atoms with Crippen LogP contribution in [0.5, 0.6) is 5.75 Å². The van der Waals surface area contributed by atoms with E-state index in [4.69, 9.17) is 0 Å². The molecule has 0 aliphatic carbocycles. The maximum atomic E-state index is 12.8. The average Bonchev–Trinajstić information content (AvgIpc) is 2.68. The number of ketones is 1. The Hall–Kier alpha value is -3.80. The summed E-state index contributed by atoms with van der Waals surface area (Å²) in [5.41, 5.74) is 2.10. The van der Waals surface area contributed by atoms with Crippen LogP contribution in [0.2, 0.25) is 0 Å². The molecule has 27 heavy (non-hydrogen) atoms. The van der Waals surface area contributed by atoms with Gasteiger partial charge < -0.3 is 5.11 Å². The number of nitrogens with zero attached hydrogens (tertiary/aromatic N) is 2. The number of non-ortho nitro benzene ring substituents is 1. The van der Waals surface area contributed by atoms with Crippen molar-refractivity contribution in [2.24, 2.45) is 4.99 Å². The molecule has 0 fully saturated rings. The lowest BCUT2D eigenvalue weighted by molar-refractivity contribution is -0.385. The number of rotatable bonds is 5. The zero-order valence-electron chi connectivity index (χ0n) is 14.5. The fraction of sp³-hybridized carbons (Fsp3) is 0.0476. The Balaban J connectivity index is 2.01. The summed E-state index contributed by atoms with van der Waals surface area (Å²) in [6.45, 7) is 1.87. The number of hydrogen-bond acceptors (Lipinski definition) is 5. The van der Waals surface area contributed by atoms with Crippen molar-refractivity contribution in [1.29, 1.82) is 0 Å². The molecule has 0 spiro atoms. The molecule has 0 aliphatic rings. The van der Waals surface area contributed by atoms with E-state index in [1.54, 1.807) is 42.5 Å². The van der Waals surface area contributed by atoms with E-state index in [1.165, 1.54) is 12.3 Å². The van der Waals surface area contributed by atoms with E-state index in [0.29, 0.717) is 16.8 Å². The lowest BCUT2D eigenvalue weighted by atomic mass is 10.00. The van der Waals surface area contributed by atoms with E-state index in [1.807, 2.05) is 13.0 Å². The van der Waals surface area contributed by atoms with Crippen LogP contribution in [0.15, 0.2) is 71.7 Å². The number of hydrogen-bond donors (Lipinski definition) is 0. The first-order chi connectivity index (χ1) is 13.0. The topological polar surface area (TPSA) is 95.6 Å². The molecule has 3 aromatic rings. The maximum absolute atomic E-state index is 12.8. The van der Waals surface area contributed by atoms with E-state index in [0.717, 1.165) is 17.7 Å². The van der Waals surface area contributed by atoms with E-state index in [-0.39, 0.29) is 22.8 Å². The number of nitro groups is 1. The van der Waals surface area contributed by atoms with Gasteiger partial charge in [-0.1, -0.05) is 53.8 Å². The van der Waals surface area contributed by atoms with Gasteiger partial charge >= 0.3 is 0 Å². The lowest BCUT2D eigenvalue weighted by Gasteiger charge is -2.10. The van der Waals surface area contributed by atoms with E-state index in [2.05, 4.69) is 4.99 Å². The number of carbonyl (C=O) groups excluding carboxylic acids is 1. The maximum Gasteiger partial charge on any atom is 0.270 e. The van der Waals surface area contributed by atoms with Crippen LogP contribution >= 0.6 is 0 Å². The third kappa shape index (κ3) is 4.07. The molecular formula is C21H15N2O4-. The van der Waals surface area contributed by atoms with Gasteiger partial charge in [0.15, 0.2) is 5.78 Å². The van der Waals surface area contributed by atoms with Crippen LogP contribution in [-0.2, 0) is 0 Å². The zero-order valence-corrected chi connectivity index (χ0v) is 14.5. The van der Waals surface area contributed by atoms with Gasteiger partial charge in [0.25, 0.3) is 5.69 Å². The minimum atomic E-state index is -0.576. The molecule has 6 heteroatoms. The Labute approximate surface area is 155 Å². The SMILES string of the molecule is Cc1ccc(N=Cc2cc([N+](=O)[O-])ccc2[O-])c(C(=O)c2ccccc2)c1. The van der Waals surface area contributed by atoms with Crippen LogP contribution in [0.25, 0.3) is 0 Å². The van der Waals surface area contributed by atoms with Gasteiger partial charge in [-0.3, -0.25) is 19.9 Å². The Morgan fingerprint density at radius 2 is 1.78 bits per heavy atom. The van der Waals surface area contributed by atoms with Gasteiger partial charge in [0.05, 0.1) is 10.6 Å². The highest BCUT2D eigenvalue weighted by Gasteiger charge is 2.13. The number of carbonyl (C=O) groups is 1. The van der Waals surface area contributed by atoms with E-state index < -0.39 is 4.92 Å². The number of aliphatic imine (C=N–C) groups is 1. The van der Waals surface area contributed by atoms with Gasteiger partial charge in [0.1, 0.15) is 0 Å². The first-order valence-electron chi connectivity index (χ1n) is 8.15.